The molecule has 60 valence electrons. The number of rotatable bonds is 4. The molecule has 2 atom stereocenters. The van der Waals surface area contributed by atoms with Gasteiger partial charge in [0.1, 0.15) is 0 Å². The molecule has 0 saturated heterocycles. The number of hydrogen-bond acceptors (Lipinski definition) is 1. The van der Waals surface area contributed by atoms with Crippen LogP contribution in [0.5, 0.6) is 0 Å². The zero-order valence-electron chi connectivity index (χ0n) is 7.48. The second-order valence-corrected chi connectivity index (χ2v) is 4.63. The summed E-state index contributed by atoms with van der Waals surface area (Å²) in [7, 11) is 0. The third kappa shape index (κ3) is 3.99. The van der Waals surface area contributed by atoms with Gasteiger partial charge in [-0.1, -0.05) is 26.0 Å². The maximum Gasteiger partial charge on any atom is 0.0225 e. The lowest BCUT2D eigenvalue weighted by Gasteiger charge is -2.15. The maximum atomic E-state index is 3.92. The zero-order chi connectivity index (χ0) is 8.15. The van der Waals surface area contributed by atoms with Crippen LogP contribution in [0.15, 0.2) is 12.2 Å². The van der Waals surface area contributed by atoms with Crippen molar-refractivity contribution in [2.75, 3.05) is 0 Å². The molecule has 0 spiro atoms. The van der Waals surface area contributed by atoms with Crippen LogP contribution in [0, 0.1) is 0 Å². The maximum absolute atomic E-state index is 3.92. The second kappa shape index (κ2) is 4.84. The molecule has 0 N–H and O–H groups in total. The van der Waals surface area contributed by atoms with Crippen molar-refractivity contribution >= 4 is 11.8 Å². The van der Waals surface area contributed by atoms with Crippen LogP contribution in [0.25, 0.3) is 0 Å². The first-order valence-electron chi connectivity index (χ1n) is 3.88. The van der Waals surface area contributed by atoms with Crippen molar-refractivity contribution in [1.82, 2.24) is 0 Å². The summed E-state index contributed by atoms with van der Waals surface area (Å²) in [4.78, 5) is 0. The van der Waals surface area contributed by atoms with Gasteiger partial charge in [-0.2, -0.15) is 11.8 Å². The summed E-state index contributed by atoms with van der Waals surface area (Å²) in [5.41, 5.74) is 1.28. The lowest BCUT2D eigenvalue weighted by molar-refractivity contribution is 0.898. The summed E-state index contributed by atoms with van der Waals surface area (Å²) in [5.74, 6) is 0. The summed E-state index contributed by atoms with van der Waals surface area (Å²) >= 11 is 2.01. The van der Waals surface area contributed by atoms with E-state index in [1.165, 1.54) is 12.0 Å². The monoisotopic (exact) mass is 158 g/mol. The van der Waals surface area contributed by atoms with Crippen LogP contribution < -0.4 is 0 Å². The smallest absolute Gasteiger partial charge is 0.0225 e. The van der Waals surface area contributed by atoms with Gasteiger partial charge in [-0.15, -0.1) is 0 Å². The third-order valence-corrected chi connectivity index (χ3v) is 3.31. The lowest BCUT2D eigenvalue weighted by Crippen LogP contribution is -2.03. The molecule has 0 heterocycles. The average molecular weight is 158 g/mol. The van der Waals surface area contributed by atoms with Gasteiger partial charge in [0.25, 0.3) is 0 Å². The Hall–Kier alpha value is 0.0900. The molecule has 2 unspecified atom stereocenters. The molecule has 0 nitrogen and oxygen atoms in total. The molecule has 10 heavy (non-hydrogen) atoms. The normalized spacial score (nSPS) is 16.4. The Kier molecular flexibility index (Phi) is 4.88. The van der Waals surface area contributed by atoms with Gasteiger partial charge in [0.2, 0.25) is 0 Å². The van der Waals surface area contributed by atoms with E-state index in [0.29, 0.717) is 5.25 Å². The minimum Gasteiger partial charge on any atom is -0.151 e. The van der Waals surface area contributed by atoms with Crippen LogP contribution in [0.1, 0.15) is 34.1 Å². The van der Waals surface area contributed by atoms with Gasteiger partial charge < -0.3 is 0 Å². The van der Waals surface area contributed by atoms with E-state index in [2.05, 4.69) is 34.3 Å². The van der Waals surface area contributed by atoms with E-state index in [0.717, 1.165) is 5.25 Å². The molecule has 0 radical (unpaired) electrons. The summed E-state index contributed by atoms with van der Waals surface area (Å²) < 4.78 is 0. The van der Waals surface area contributed by atoms with E-state index in [1.54, 1.807) is 0 Å². The summed E-state index contributed by atoms with van der Waals surface area (Å²) in [5, 5.41) is 1.39. The van der Waals surface area contributed by atoms with Gasteiger partial charge >= 0.3 is 0 Å². The Morgan fingerprint density at radius 2 is 2.00 bits per heavy atom. The SMILES string of the molecule is C=C(C)C(C)SC(C)CC. The van der Waals surface area contributed by atoms with E-state index in [1.807, 2.05) is 11.8 Å². The van der Waals surface area contributed by atoms with E-state index in [-0.39, 0.29) is 0 Å². The molecule has 0 aliphatic rings. The fraction of sp³-hybridized carbons (Fsp3) is 0.778. The van der Waals surface area contributed by atoms with Crippen molar-refractivity contribution in [3.63, 3.8) is 0 Å². The molecule has 0 aromatic heterocycles. The van der Waals surface area contributed by atoms with Crippen LogP contribution in [0.3, 0.4) is 0 Å². The molecule has 0 saturated carbocycles. The molecule has 0 amide bonds. The Morgan fingerprint density at radius 1 is 1.50 bits per heavy atom. The van der Waals surface area contributed by atoms with E-state index in [4.69, 9.17) is 0 Å². The molecule has 0 aliphatic carbocycles. The van der Waals surface area contributed by atoms with E-state index < -0.39 is 0 Å². The average Bonchev–Trinajstić information content (AvgIpc) is 1.87. The largest absolute Gasteiger partial charge is 0.151 e. The van der Waals surface area contributed by atoms with E-state index >= 15 is 0 Å². The standard InChI is InChI=1S/C9H18S/c1-6-8(4)10-9(5)7(2)3/h8-9H,2,6H2,1,3-5H3. The van der Waals surface area contributed by atoms with Crippen LogP contribution in [0.4, 0.5) is 0 Å². The first-order chi connectivity index (χ1) is 4.57. The summed E-state index contributed by atoms with van der Waals surface area (Å²) in [6.07, 6.45) is 1.25. The van der Waals surface area contributed by atoms with Crippen LogP contribution in [-0.4, -0.2) is 10.5 Å². The third-order valence-electron chi connectivity index (χ3n) is 1.71. The van der Waals surface area contributed by atoms with Gasteiger partial charge in [0.15, 0.2) is 0 Å². The Morgan fingerprint density at radius 3 is 2.30 bits per heavy atom. The molecular weight excluding hydrogens is 140 g/mol. The van der Waals surface area contributed by atoms with Gasteiger partial charge in [0, 0.05) is 10.5 Å². The molecule has 0 aromatic rings. The second-order valence-electron chi connectivity index (χ2n) is 2.84. The van der Waals surface area contributed by atoms with E-state index in [9.17, 15) is 0 Å². The van der Waals surface area contributed by atoms with Crippen molar-refractivity contribution in [2.24, 2.45) is 0 Å². The minimum absolute atomic E-state index is 0.620. The van der Waals surface area contributed by atoms with Crippen molar-refractivity contribution in [1.29, 1.82) is 0 Å². The Bertz CT molecular complexity index is 107. The Balaban J connectivity index is 3.56. The zero-order valence-corrected chi connectivity index (χ0v) is 8.29. The predicted octanol–water partition coefficient (Wildman–Crippen LogP) is 3.48. The van der Waals surface area contributed by atoms with Gasteiger partial charge in [-0.3, -0.25) is 0 Å². The van der Waals surface area contributed by atoms with Crippen LogP contribution >= 0.6 is 11.8 Å². The van der Waals surface area contributed by atoms with Gasteiger partial charge in [-0.05, 0) is 20.3 Å². The molecule has 0 fully saturated rings. The molecule has 0 aliphatic heterocycles. The highest BCUT2D eigenvalue weighted by Crippen LogP contribution is 2.23. The molecule has 0 rings (SSSR count). The van der Waals surface area contributed by atoms with Gasteiger partial charge in [0.05, 0.1) is 0 Å². The predicted molar refractivity (Wildman–Crippen MR) is 51.6 cm³/mol. The molecule has 0 aromatic carbocycles. The highest BCUT2D eigenvalue weighted by molar-refractivity contribution is 8.00. The van der Waals surface area contributed by atoms with Crippen LogP contribution in [0.2, 0.25) is 0 Å². The molecule has 0 bridgehead atoms. The Labute approximate surface area is 69.1 Å². The van der Waals surface area contributed by atoms with Crippen molar-refractivity contribution < 1.29 is 0 Å². The topological polar surface area (TPSA) is 0 Å². The first-order valence-corrected chi connectivity index (χ1v) is 4.83. The summed E-state index contributed by atoms with van der Waals surface area (Å²) in [6, 6.07) is 0. The van der Waals surface area contributed by atoms with Crippen molar-refractivity contribution in [3.05, 3.63) is 12.2 Å². The van der Waals surface area contributed by atoms with Crippen LogP contribution in [-0.2, 0) is 0 Å². The summed E-state index contributed by atoms with van der Waals surface area (Å²) in [6.45, 7) is 12.7. The number of thioether (sulfide) groups is 1. The number of hydrogen-bond donors (Lipinski definition) is 0. The molecule has 1 heteroatoms. The fourth-order valence-electron chi connectivity index (χ4n) is 0.561. The lowest BCUT2D eigenvalue weighted by atomic mass is 10.3. The van der Waals surface area contributed by atoms with Crippen molar-refractivity contribution in [3.8, 4) is 0 Å². The first kappa shape index (κ1) is 10.1. The quantitative estimate of drug-likeness (QED) is 0.564. The fourth-order valence-corrected chi connectivity index (χ4v) is 1.68. The van der Waals surface area contributed by atoms with Gasteiger partial charge in [-0.25, -0.2) is 0 Å². The highest BCUT2D eigenvalue weighted by atomic mass is 32.2. The highest BCUT2D eigenvalue weighted by Gasteiger charge is 2.06. The minimum atomic E-state index is 0.620. The van der Waals surface area contributed by atoms with Crippen molar-refractivity contribution in [2.45, 2.75) is 44.6 Å². The molecular formula is C9H18S.